The maximum atomic E-state index is 11.4. The quantitative estimate of drug-likeness (QED) is 0.689. The molecule has 0 aromatic heterocycles. The Labute approximate surface area is 128 Å². The maximum Gasteiger partial charge on any atom is 0.412 e. The van der Waals surface area contributed by atoms with Crippen LogP contribution in [0.25, 0.3) is 0 Å². The van der Waals surface area contributed by atoms with Crippen LogP contribution >= 0.6 is 38.5 Å². The van der Waals surface area contributed by atoms with Crippen molar-refractivity contribution in [3.63, 3.8) is 0 Å². The Morgan fingerprint density at radius 2 is 2.06 bits per heavy atom. The van der Waals surface area contributed by atoms with Gasteiger partial charge >= 0.3 is 6.09 Å². The van der Waals surface area contributed by atoms with Crippen LogP contribution in [0.4, 0.5) is 10.5 Å². The summed E-state index contributed by atoms with van der Waals surface area (Å²) in [5.41, 5.74) is 0.361. The lowest BCUT2D eigenvalue weighted by atomic mass is 10.0. The number of amides is 1. The number of carbonyl (C=O) groups is 1. The molecule has 6 heteroatoms. The van der Waals surface area contributed by atoms with Crippen LogP contribution in [0.2, 0.25) is 0 Å². The summed E-state index contributed by atoms with van der Waals surface area (Å²) in [6.07, 6.45) is -1.04. The average molecular weight is 423 g/mol. The summed E-state index contributed by atoms with van der Waals surface area (Å²) in [5, 5.41) is 18.4. The van der Waals surface area contributed by atoms with Crippen LogP contribution in [0.1, 0.15) is 26.3 Å². The van der Waals surface area contributed by atoms with Gasteiger partial charge in [-0.3, -0.25) is 4.90 Å². The smallest absolute Gasteiger partial charge is 0.412 e. The Kier molecular flexibility index (Phi) is 4.61. The van der Waals surface area contributed by atoms with Crippen LogP contribution in [-0.2, 0) is 0 Å². The highest BCUT2D eigenvalue weighted by molar-refractivity contribution is 14.1. The van der Waals surface area contributed by atoms with Crippen molar-refractivity contribution < 1.29 is 9.90 Å². The largest absolute Gasteiger partial charge is 0.465 e. The Morgan fingerprint density at radius 1 is 1.50 bits per heavy atom. The van der Waals surface area contributed by atoms with Crippen molar-refractivity contribution in [2.45, 2.75) is 26.3 Å². The van der Waals surface area contributed by atoms with E-state index >= 15 is 0 Å². The van der Waals surface area contributed by atoms with Crippen LogP contribution in [0.15, 0.2) is 16.6 Å². The lowest BCUT2D eigenvalue weighted by Gasteiger charge is -2.33. The van der Waals surface area contributed by atoms with E-state index in [0.717, 1.165) is 3.57 Å². The minimum absolute atomic E-state index is 0.454. The molecule has 0 atom stereocenters. The van der Waals surface area contributed by atoms with E-state index in [1.54, 1.807) is 32.9 Å². The van der Waals surface area contributed by atoms with Gasteiger partial charge in [0.1, 0.15) is 6.07 Å². The van der Waals surface area contributed by atoms with Crippen molar-refractivity contribution in [2.75, 3.05) is 4.90 Å². The molecule has 18 heavy (non-hydrogen) atoms. The fourth-order valence-corrected chi connectivity index (χ4v) is 2.45. The van der Waals surface area contributed by atoms with Gasteiger partial charge in [0.25, 0.3) is 0 Å². The number of anilines is 1. The summed E-state index contributed by atoms with van der Waals surface area (Å²) in [5.74, 6) is 0. The molecule has 0 radical (unpaired) electrons. The lowest BCUT2D eigenvalue weighted by Crippen LogP contribution is -2.45. The summed E-state index contributed by atoms with van der Waals surface area (Å²) in [7, 11) is 0. The highest BCUT2D eigenvalue weighted by Gasteiger charge is 2.28. The predicted molar refractivity (Wildman–Crippen MR) is 81.8 cm³/mol. The van der Waals surface area contributed by atoms with E-state index in [0.29, 0.717) is 15.7 Å². The van der Waals surface area contributed by atoms with Gasteiger partial charge in [0.15, 0.2) is 0 Å². The maximum absolute atomic E-state index is 11.4. The molecule has 4 nitrogen and oxygen atoms in total. The van der Waals surface area contributed by atoms with Crippen LogP contribution in [0, 0.1) is 14.9 Å². The number of rotatable bonds is 1. The highest BCUT2D eigenvalue weighted by atomic mass is 127. The fraction of sp³-hybridized carbons (Fsp3) is 0.333. The van der Waals surface area contributed by atoms with Gasteiger partial charge in [-0.15, -0.1) is 0 Å². The molecular formula is C12H12BrIN2O2. The van der Waals surface area contributed by atoms with Crippen molar-refractivity contribution in [3.05, 3.63) is 25.7 Å². The number of nitriles is 1. The van der Waals surface area contributed by atoms with Crippen molar-refractivity contribution in [3.8, 4) is 6.07 Å². The molecule has 0 aliphatic heterocycles. The summed E-state index contributed by atoms with van der Waals surface area (Å²) in [6, 6.07) is 5.36. The molecule has 1 amide bonds. The molecule has 1 aromatic carbocycles. The topological polar surface area (TPSA) is 64.3 Å². The SMILES string of the molecule is CC(C)(C)N(C(=O)O)c1cc(Br)c(I)c(C#N)c1. The zero-order chi connectivity index (χ0) is 14.1. The third-order valence-electron chi connectivity index (χ3n) is 2.25. The molecule has 0 fully saturated rings. The van der Waals surface area contributed by atoms with Gasteiger partial charge in [-0.25, -0.2) is 4.79 Å². The molecule has 96 valence electrons. The molecule has 0 spiro atoms. The molecule has 0 unspecified atom stereocenters. The zero-order valence-electron chi connectivity index (χ0n) is 10.2. The van der Waals surface area contributed by atoms with Crippen LogP contribution in [0.3, 0.4) is 0 Å². The number of benzene rings is 1. The number of hydrogen-bond acceptors (Lipinski definition) is 2. The summed E-state index contributed by atoms with van der Waals surface area (Å²) >= 11 is 5.39. The molecule has 0 saturated carbocycles. The first-order valence-corrected chi connectivity index (χ1v) is 6.98. The Morgan fingerprint density at radius 3 is 2.44 bits per heavy atom. The first kappa shape index (κ1) is 15.2. The minimum atomic E-state index is -1.04. The second kappa shape index (κ2) is 5.45. The van der Waals surface area contributed by atoms with Crippen molar-refractivity contribution in [2.24, 2.45) is 0 Å². The van der Waals surface area contributed by atoms with E-state index < -0.39 is 11.6 Å². The van der Waals surface area contributed by atoms with Crippen molar-refractivity contribution in [1.29, 1.82) is 5.26 Å². The van der Waals surface area contributed by atoms with E-state index in [9.17, 15) is 9.90 Å². The van der Waals surface area contributed by atoms with Crippen molar-refractivity contribution >= 4 is 50.3 Å². The molecule has 0 bridgehead atoms. The van der Waals surface area contributed by atoms with Crippen LogP contribution in [0.5, 0.6) is 0 Å². The van der Waals surface area contributed by atoms with Crippen molar-refractivity contribution in [1.82, 2.24) is 0 Å². The van der Waals surface area contributed by atoms with E-state index in [4.69, 9.17) is 5.26 Å². The molecule has 1 aromatic rings. The number of nitrogens with zero attached hydrogens (tertiary/aromatic N) is 2. The molecule has 0 heterocycles. The minimum Gasteiger partial charge on any atom is -0.465 e. The molecule has 0 saturated heterocycles. The highest BCUT2D eigenvalue weighted by Crippen LogP contribution is 2.32. The van der Waals surface area contributed by atoms with Gasteiger partial charge in [-0.1, -0.05) is 0 Å². The standard InChI is InChI=1S/C12H12BrIN2O2/c1-12(2,3)16(11(17)18)8-4-7(6-15)10(14)9(13)5-8/h4-5H,1-3H3,(H,17,18). The van der Waals surface area contributed by atoms with Gasteiger partial charge in [0.05, 0.1) is 11.3 Å². The zero-order valence-corrected chi connectivity index (χ0v) is 13.9. The summed E-state index contributed by atoms with van der Waals surface area (Å²) in [6.45, 7) is 5.41. The van der Waals surface area contributed by atoms with E-state index in [1.165, 1.54) is 4.90 Å². The number of halogens is 2. The average Bonchev–Trinajstić information content (AvgIpc) is 2.20. The second-order valence-corrected chi connectivity index (χ2v) is 6.62. The van der Waals surface area contributed by atoms with E-state index in [2.05, 4.69) is 22.0 Å². The fourth-order valence-electron chi connectivity index (χ4n) is 1.57. The van der Waals surface area contributed by atoms with E-state index in [1.807, 2.05) is 22.6 Å². The van der Waals surface area contributed by atoms with Gasteiger partial charge < -0.3 is 5.11 Å². The Hall–Kier alpha value is -0.810. The summed E-state index contributed by atoms with van der Waals surface area (Å²) < 4.78 is 1.49. The van der Waals surface area contributed by atoms with Gasteiger partial charge in [-0.05, 0) is 71.4 Å². The molecule has 0 aliphatic carbocycles. The van der Waals surface area contributed by atoms with Gasteiger partial charge in [-0.2, -0.15) is 5.26 Å². The predicted octanol–water partition coefficient (Wildman–Crippen LogP) is 4.21. The van der Waals surface area contributed by atoms with Crippen LogP contribution < -0.4 is 4.90 Å². The number of carboxylic acid groups (broad SMARTS) is 1. The Bertz CT molecular complexity index is 532. The normalized spacial score (nSPS) is 10.9. The number of hydrogen-bond donors (Lipinski definition) is 1. The van der Waals surface area contributed by atoms with Crippen LogP contribution in [-0.4, -0.2) is 16.7 Å². The first-order chi connectivity index (χ1) is 8.18. The molecule has 1 rings (SSSR count). The van der Waals surface area contributed by atoms with Gasteiger partial charge in [0.2, 0.25) is 0 Å². The van der Waals surface area contributed by atoms with E-state index in [-0.39, 0.29) is 0 Å². The molecule has 0 aliphatic rings. The lowest BCUT2D eigenvalue weighted by molar-refractivity contribution is 0.195. The third kappa shape index (κ3) is 3.14. The molecule has 1 N–H and O–H groups in total. The Balaban J connectivity index is 3.45. The first-order valence-electron chi connectivity index (χ1n) is 5.10. The molecular weight excluding hydrogens is 411 g/mol. The summed E-state index contributed by atoms with van der Waals surface area (Å²) in [4.78, 5) is 12.6. The third-order valence-corrected chi connectivity index (χ3v) is 4.78. The monoisotopic (exact) mass is 422 g/mol. The van der Waals surface area contributed by atoms with Gasteiger partial charge in [0, 0.05) is 13.6 Å². The second-order valence-electron chi connectivity index (χ2n) is 4.69.